The summed E-state index contributed by atoms with van der Waals surface area (Å²) in [5, 5.41) is 26.1. The van der Waals surface area contributed by atoms with Crippen LogP contribution in [0.5, 0.6) is 5.75 Å². The number of para-hydroxylation sites is 1. The van der Waals surface area contributed by atoms with Gasteiger partial charge in [-0.2, -0.15) is 0 Å². The second kappa shape index (κ2) is 10.8. The van der Waals surface area contributed by atoms with Gasteiger partial charge in [-0.15, -0.1) is 0 Å². The lowest BCUT2D eigenvalue weighted by Crippen LogP contribution is -2.57. The van der Waals surface area contributed by atoms with Crippen LogP contribution in [-0.4, -0.2) is 91.9 Å². The Morgan fingerprint density at radius 1 is 1.06 bits per heavy atom. The number of carbonyl (C=O) groups is 1. The smallest absolute Gasteiger partial charge is 0.319 e. The SMILES string of the molecule is COc1ccc(NC(=O)NC[C@@H]2O[C@@H](CO)[C@@H](O)[C@H]2N2CCN(c3ccccc3)CC2)cc1. The number of amides is 2. The van der Waals surface area contributed by atoms with Crippen LogP contribution < -0.4 is 20.3 Å². The number of urea groups is 1. The fraction of sp³-hybridized carbons (Fsp3) is 0.458. The number of anilines is 2. The number of hydrogen-bond donors (Lipinski definition) is 4. The molecule has 2 fully saturated rings. The fourth-order valence-electron chi connectivity index (χ4n) is 4.56. The molecule has 0 aliphatic carbocycles. The normalized spacial score (nSPS) is 25.6. The Labute approximate surface area is 193 Å². The summed E-state index contributed by atoms with van der Waals surface area (Å²) >= 11 is 0. The van der Waals surface area contributed by atoms with Gasteiger partial charge in [0.1, 0.15) is 18.0 Å². The molecular weight excluding hydrogens is 424 g/mol. The Kier molecular flexibility index (Phi) is 7.66. The summed E-state index contributed by atoms with van der Waals surface area (Å²) in [4.78, 5) is 16.9. The molecule has 33 heavy (non-hydrogen) atoms. The van der Waals surface area contributed by atoms with E-state index in [-0.39, 0.29) is 25.2 Å². The summed E-state index contributed by atoms with van der Waals surface area (Å²) in [7, 11) is 1.59. The molecule has 0 aromatic heterocycles. The summed E-state index contributed by atoms with van der Waals surface area (Å²) in [6.45, 7) is 3.12. The number of rotatable bonds is 7. The molecule has 2 aromatic carbocycles. The van der Waals surface area contributed by atoms with Gasteiger partial charge in [-0.05, 0) is 36.4 Å². The van der Waals surface area contributed by atoms with E-state index in [0.29, 0.717) is 11.4 Å². The molecule has 178 valence electrons. The lowest BCUT2D eigenvalue weighted by molar-refractivity contribution is -0.0205. The molecule has 0 bridgehead atoms. The minimum atomic E-state index is -0.824. The van der Waals surface area contributed by atoms with E-state index in [0.717, 1.165) is 26.2 Å². The van der Waals surface area contributed by atoms with Gasteiger partial charge in [-0.1, -0.05) is 18.2 Å². The molecule has 2 aromatic rings. The second-order valence-electron chi connectivity index (χ2n) is 8.30. The van der Waals surface area contributed by atoms with Crippen molar-refractivity contribution in [2.45, 2.75) is 24.4 Å². The van der Waals surface area contributed by atoms with E-state index >= 15 is 0 Å². The van der Waals surface area contributed by atoms with E-state index in [9.17, 15) is 15.0 Å². The fourth-order valence-corrected chi connectivity index (χ4v) is 4.56. The number of nitrogens with zero attached hydrogens (tertiary/aromatic N) is 2. The van der Waals surface area contributed by atoms with Crippen molar-refractivity contribution < 1.29 is 24.5 Å². The van der Waals surface area contributed by atoms with Crippen LogP contribution >= 0.6 is 0 Å². The number of aliphatic hydroxyl groups excluding tert-OH is 2. The molecule has 2 amide bonds. The van der Waals surface area contributed by atoms with Gasteiger partial charge in [0.05, 0.1) is 25.9 Å². The van der Waals surface area contributed by atoms with E-state index < -0.39 is 18.3 Å². The van der Waals surface area contributed by atoms with Crippen molar-refractivity contribution in [1.29, 1.82) is 0 Å². The van der Waals surface area contributed by atoms with Gasteiger partial charge in [0.25, 0.3) is 0 Å². The number of nitrogens with one attached hydrogen (secondary N) is 2. The quantitative estimate of drug-likeness (QED) is 0.495. The second-order valence-corrected chi connectivity index (χ2v) is 8.30. The third-order valence-electron chi connectivity index (χ3n) is 6.31. The zero-order valence-corrected chi connectivity index (χ0v) is 18.8. The van der Waals surface area contributed by atoms with Crippen LogP contribution in [0.4, 0.5) is 16.2 Å². The zero-order valence-electron chi connectivity index (χ0n) is 18.8. The molecule has 9 nitrogen and oxygen atoms in total. The maximum atomic E-state index is 12.4. The molecule has 2 aliphatic heterocycles. The van der Waals surface area contributed by atoms with Gasteiger partial charge < -0.3 is 35.2 Å². The summed E-state index contributed by atoms with van der Waals surface area (Å²) in [5.41, 5.74) is 1.82. The molecule has 2 saturated heterocycles. The number of ether oxygens (including phenoxy) is 2. The Balaban J connectivity index is 1.33. The van der Waals surface area contributed by atoms with Crippen molar-refractivity contribution in [2.75, 3.05) is 56.7 Å². The van der Waals surface area contributed by atoms with Crippen LogP contribution in [0.15, 0.2) is 54.6 Å². The Morgan fingerprint density at radius 2 is 1.76 bits per heavy atom. The first kappa shape index (κ1) is 23.3. The highest BCUT2D eigenvalue weighted by Crippen LogP contribution is 2.27. The average molecular weight is 457 g/mol. The Hall–Kier alpha value is -2.85. The monoisotopic (exact) mass is 456 g/mol. The summed E-state index contributed by atoms with van der Waals surface area (Å²) < 4.78 is 11.0. The number of carbonyl (C=O) groups excluding carboxylic acids is 1. The molecule has 0 saturated carbocycles. The van der Waals surface area contributed by atoms with E-state index in [1.54, 1.807) is 31.4 Å². The molecule has 0 spiro atoms. The van der Waals surface area contributed by atoms with Crippen molar-refractivity contribution in [3.05, 3.63) is 54.6 Å². The third-order valence-corrected chi connectivity index (χ3v) is 6.31. The molecule has 4 rings (SSSR count). The highest BCUT2D eigenvalue weighted by molar-refractivity contribution is 5.89. The first-order valence-corrected chi connectivity index (χ1v) is 11.3. The van der Waals surface area contributed by atoms with Crippen molar-refractivity contribution in [3.63, 3.8) is 0 Å². The van der Waals surface area contributed by atoms with Gasteiger partial charge in [0.15, 0.2) is 0 Å². The lowest BCUT2D eigenvalue weighted by Gasteiger charge is -2.41. The van der Waals surface area contributed by atoms with E-state index in [2.05, 4.69) is 32.6 Å². The van der Waals surface area contributed by atoms with Crippen molar-refractivity contribution in [1.82, 2.24) is 10.2 Å². The number of benzene rings is 2. The summed E-state index contributed by atoms with van der Waals surface area (Å²) in [6, 6.07) is 16.6. The van der Waals surface area contributed by atoms with Crippen molar-refractivity contribution in [2.24, 2.45) is 0 Å². The van der Waals surface area contributed by atoms with E-state index in [1.807, 2.05) is 18.2 Å². The third kappa shape index (κ3) is 5.56. The topological polar surface area (TPSA) is 107 Å². The molecule has 9 heteroatoms. The minimum Gasteiger partial charge on any atom is -0.497 e. The van der Waals surface area contributed by atoms with Crippen molar-refractivity contribution in [3.8, 4) is 5.75 Å². The molecule has 2 aliphatic rings. The molecule has 2 heterocycles. The standard InChI is InChI=1S/C24H32N4O5/c1-32-19-9-7-17(8-10-19)26-24(31)25-15-20-22(23(30)21(16-29)33-20)28-13-11-27(12-14-28)18-5-3-2-4-6-18/h2-10,20-23,29-30H,11-16H2,1H3,(H2,25,26,31)/t20-,21-,22-,23+/m0/s1. The largest absolute Gasteiger partial charge is 0.497 e. The van der Waals surface area contributed by atoms with Crippen LogP contribution in [0.1, 0.15) is 0 Å². The molecular formula is C24H32N4O5. The highest BCUT2D eigenvalue weighted by atomic mass is 16.5. The number of hydrogen-bond acceptors (Lipinski definition) is 7. The molecule has 4 N–H and O–H groups in total. The predicted molar refractivity (Wildman–Crippen MR) is 126 cm³/mol. The first-order chi connectivity index (χ1) is 16.1. The zero-order chi connectivity index (χ0) is 23.2. The minimum absolute atomic E-state index is 0.221. The van der Waals surface area contributed by atoms with Crippen LogP contribution in [-0.2, 0) is 4.74 Å². The van der Waals surface area contributed by atoms with Crippen LogP contribution in [0, 0.1) is 0 Å². The number of methoxy groups -OCH3 is 1. The summed E-state index contributed by atoms with van der Waals surface area (Å²) in [5.74, 6) is 0.708. The lowest BCUT2D eigenvalue weighted by atomic mass is 10.0. The molecule has 0 unspecified atom stereocenters. The van der Waals surface area contributed by atoms with Gasteiger partial charge in [0.2, 0.25) is 0 Å². The van der Waals surface area contributed by atoms with Gasteiger partial charge in [-0.3, -0.25) is 4.90 Å². The summed E-state index contributed by atoms with van der Waals surface area (Å²) in [6.07, 6.45) is -1.92. The van der Waals surface area contributed by atoms with E-state index in [4.69, 9.17) is 9.47 Å². The molecule has 0 radical (unpaired) electrons. The van der Waals surface area contributed by atoms with Gasteiger partial charge in [0, 0.05) is 44.1 Å². The van der Waals surface area contributed by atoms with Gasteiger partial charge in [-0.25, -0.2) is 4.79 Å². The molecule has 4 atom stereocenters. The van der Waals surface area contributed by atoms with Crippen molar-refractivity contribution >= 4 is 17.4 Å². The maximum absolute atomic E-state index is 12.4. The number of aliphatic hydroxyl groups is 2. The van der Waals surface area contributed by atoms with E-state index in [1.165, 1.54) is 5.69 Å². The highest BCUT2D eigenvalue weighted by Gasteiger charge is 2.46. The van der Waals surface area contributed by atoms with Crippen LogP contribution in [0.25, 0.3) is 0 Å². The Morgan fingerprint density at radius 3 is 2.39 bits per heavy atom. The maximum Gasteiger partial charge on any atom is 0.319 e. The van der Waals surface area contributed by atoms with Crippen LogP contribution in [0.2, 0.25) is 0 Å². The van der Waals surface area contributed by atoms with Crippen LogP contribution in [0.3, 0.4) is 0 Å². The average Bonchev–Trinajstić information content (AvgIpc) is 3.19. The Bertz CT molecular complexity index is 889. The number of piperazine rings is 1. The van der Waals surface area contributed by atoms with Gasteiger partial charge >= 0.3 is 6.03 Å². The first-order valence-electron chi connectivity index (χ1n) is 11.3. The predicted octanol–water partition coefficient (Wildman–Crippen LogP) is 1.13.